The Morgan fingerprint density at radius 1 is 1.04 bits per heavy atom. The van der Waals surface area contributed by atoms with E-state index in [2.05, 4.69) is 30.7 Å². The van der Waals surface area contributed by atoms with Gasteiger partial charge in [0.2, 0.25) is 11.9 Å². The average Bonchev–Trinajstić information content (AvgIpc) is 3.41. The first-order valence-electron chi connectivity index (χ1n) is 9.13. The zero-order valence-corrected chi connectivity index (χ0v) is 16.0. The lowest BCUT2D eigenvalue weighted by Gasteiger charge is -2.24. The van der Waals surface area contributed by atoms with Gasteiger partial charge in [-0.25, -0.2) is 5.10 Å². The molecule has 1 aliphatic rings. The first-order chi connectivity index (χ1) is 13.7. The van der Waals surface area contributed by atoms with E-state index in [1.54, 1.807) is 30.3 Å². The molecule has 2 amide bonds. The molecule has 3 heterocycles. The molecule has 1 fully saturated rings. The van der Waals surface area contributed by atoms with Gasteiger partial charge in [0.05, 0.1) is 4.88 Å². The molecule has 0 unspecified atom stereocenters. The van der Waals surface area contributed by atoms with Crippen LogP contribution in [-0.2, 0) is 0 Å². The van der Waals surface area contributed by atoms with E-state index >= 15 is 0 Å². The van der Waals surface area contributed by atoms with Crippen LogP contribution in [0.2, 0.25) is 0 Å². The fraction of sp³-hybridized carbons (Fsp3) is 0.263. The Balaban J connectivity index is 1.41. The van der Waals surface area contributed by atoms with Gasteiger partial charge in [0.25, 0.3) is 11.8 Å². The number of aromatic amines is 1. The summed E-state index contributed by atoms with van der Waals surface area (Å²) in [6.07, 6.45) is 3.48. The van der Waals surface area contributed by atoms with E-state index in [0.717, 1.165) is 25.9 Å². The van der Waals surface area contributed by atoms with E-state index in [4.69, 9.17) is 0 Å². The highest BCUT2D eigenvalue weighted by Crippen LogP contribution is 2.18. The van der Waals surface area contributed by atoms with E-state index < -0.39 is 0 Å². The van der Waals surface area contributed by atoms with Crippen LogP contribution >= 0.6 is 11.3 Å². The van der Waals surface area contributed by atoms with Crippen molar-refractivity contribution in [3.05, 3.63) is 52.2 Å². The third-order valence-corrected chi connectivity index (χ3v) is 5.34. The lowest BCUT2D eigenvalue weighted by atomic mass is 10.1. The molecule has 9 heteroatoms. The van der Waals surface area contributed by atoms with Crippen LogP contribution < -0.4 is 15.5 Å². The number of carbonyl (C=O) groups excluding carboxylic acids is 2. The summed E-state index contributed by atoms with van der Waals surface area (Å²) in [4.78, 5) is 31.8. The standard InChI is InChI=1S/C19H20N6O2S/c26-16(21-18-22-19(24-23-18)25-9-2-1-3-10-25)13-6-4-7-14(12-13)20-17(27)15-8-5-11-28-15/h4-8,11-12H,1-3,9-10H2,(H,20,27)(H2,21,22,23,24,26). The van der Waals surface area contributed by atoms with Crippen LogP contribution in [-0.4, -0.2) is 40.1 Å². The van der Waals surface area contributed by atoms with Crippen LogP contribution in [0, 0.1) is 0 Å². The number of hydrogen-bond acceptors (Lipinski definition) is 6. The number of H-pyrrole nitrogens is 1. The van der Waals surface area contributed by atoms with Crippen molar-refractivity contribution >= 4 is 40.7 Å². The number of amides is 2. The number of carbonyl (C=O) groups is 2. The molecule has 1 saturated heterocycles. The van der Waals surface area contributed by atoms with Crippen LogP contribution in [0.3, 0.4) is 0 Å². The average molecular weight is 396 g/mol. The Kier molecular flexibility index (Phi) is 5.34. The van der Waals surface area contributed by atoms with Crippen LogP contribution in [0.4, 0.5) is 17.6 Å². The first kappa shape index (κ1) is 18.2. The number of rotatable bonds is 5. The van der Waals surface area contributed by atoms with E-state index in [0.29, 0.717) is 28.0 Å². The number of anilines is 3. The van der Waals surface area contributed by atoms with Crippen molar-refractivity contribution in [1.29, 1.82) is 0 Å². The number of benzene rings is 1. The van der Waals surface area contributed by atoms with Gasteiger partial charge in [-0.05, 0) is 48.9 Å². The number of thiophene rings is 1. The van der Waals surface area contributed by atoms with Crippen molar-refractivity contribution in [2.24, 2.45) is 0 Å². The Labute approximate surface area is 166 Å². The quantitative estimate of drug-likeness (QED) is 0.614. The summed E-state index contributed by atoms with van der Waals surface area (Å²) < 4.78 is 0. The molecule has 0 saturated carbocycles. The van der Waals surface area contributed by atoms with Gasteiger partial charge in [0.1, 0.15) is 0 Å². The number of nitrogens with one attached hydrogen (secondary N) is 3. The minimum Gasteiger partial charge on any atom is -0.340 e. The Morgan fingerprint density at radius 2 is 1.89 bits per heavy atom. The van der Waals surface area contributed by atoms with Gasteiger partial charge < -0.3 is 10.2 Å². The predicted octanol–water partition coefficient (Wildman–Crippen LogP) is 3.36. The molecule has 0 bridgehead atoms. The summed E-state index contributed by atoms with van der Waals surface area (Å²) >= 11 is 1.36. The second-order valence-corrected chi connectivity index (χ2v) is 7.45. The number of aromatic nitrogens is 3. The molecule has 0 aliphatic carbocycles. The summed E-state index contributed by atoms with van der Waals surface area (Å²) in [6.45, 7) is 1.86. The molecule has 4 rings (SSSR count). The molecular weight excluding hydrogens is 376 g/mol. The van der Waals surface area contributed by atoms with Crippen molar-refractivity contribution in [3.63, 3.8) is 0 Å². The lowest BCUT2D eigenvalue weighted by Crippen LogP contribution is -2.30. The van der Waals surface area contributed by atoms with Crippen LogP contribution in [0.15, 0.2) is 41.8 Å². The largest absolute Gasteiger partial charge is 0.340 e. The van der Waals surface area contributed by atoms with Gasteiger partial charge in [-0.3, -0.25) is 14.9 Å². The highest BCUT2D eigenvalue weighted by Gasteiger charge is 2.17. The van der Waals surface area contributed by atoms with Crippen molar-refractivity contribution in [1.82, 2.24) is 15.2 Å². The summed E-state index contributed by atoms with van der Waals surface area (Å²) in [5.41, 5.74) is 0.970. The summed E-state index contributed by atoms with van der Waals surface area (Å²) in [5.74, 6) is 0.382. The van der Waals surface area contributed by atoms with Crippen LogP contribution in [0.1, 0.15) is 39.3 Å². The Morgan fingerprint density at radius 3 is 2.68 bits per heavy atom. The molecule has 28 heavy (non-hydrogen) atoms. The number of piperidine rings is 1. The first-order valence-corrected chi connectivity index (χ1v) is 10.0. The minimum absolute atomic E-state index is 0.200. The summed E-state index contributed by atoms with van der Waals surface area (Å²) in [5, 5.41) is 14.3. The van der Waals surface area contributed by atoms with Gasteiger partial charge in [-0.2, -0.15) is 4.98 Å². The highest BCUT2D eigenvalue weighted by atomic mass is 32.1. The molecule has 1 aliphatic heterocycles. The van der Waals surface area contributed by atoms with Gasteiger partial charge in [0, 0.05) is 24.3 Å². The highest BCUT2D eigenvalue weighted by molar-refractivity contribution is 7.12. The molecule has 8 nitrogen and oxygen atoms in total. The van der Waals surface area contributed by atoms with E-state index in [1.807, 2.05) is 11.4 Å². The van der Waals surface area contributed by atoms with E-state index in [-0.39, 0.29) is 11.8 Å². The van der Waals surface area contributed by atoms with Gasteiger partial charge in [-0.1, -0.05) is 12.1 Å². The zero-order chi connectivity index (χ0) is 19.3. The fourth-order valence-electron chi connectivity index (χ4n) is 3.06. The minimum atomic E-state index is -0.325. The Hall–Kier alpha value is -3.20. The molecule has 0 atom stereocenters. The second-order valence-electron chi connectivity index (χ2n) is 6.50. The van der Waals surface area contributed by atoms with Crippen LogP contribution in [0.25, 0.3) is 0 Å². The normalized spacial score (nSPS) is 13.9. The molecule has 2 aromatic heterocycles. The maximum Gasteiger partial charge on any atom is 0.265 e. The molecule has 1 aromatic carbocycles. The van der Waals surface area contributed by atoms with Crippen molar-refractivity contribution in [2.45, 2.75) is 19.3 Å². The van der Waals surface area contributed by atoms with Crippen LogP contribution in [0.5, 0.6) is 0 Å². The second kappa shape index (κ2) is 8.22. The third-order valence-electron chi connectivity index (χ3n) is 4.47. The number of hydrogen-bond donors (Lipinski definition) is 3. The van der Waals surface area contributed by atoms with E-state index in [9.17, 15) is 9.59 Å². The predicted molar refractivity (Wildman–Crippen MR) is 109 cm³/mol. The molecule has 3 aromatic rings. The lowest BCUT2D eigenvalue weighted by molar-refractivity contribution is 0.101. The SMILES string of the molecule is O=C(Nc1nc(N2CCCCC2)n[nH]1)c1cccc(NC(=O)c2cccs2)c1. The molecular formula is C19H20N6O2S. The zero-order valence-electron chi connectivity index (χ0n) is 15.1. The molecule has 144 valence electrons. The maximum absolute atomic E-state index is 12.5. The number of nitrogens with zero attached hydrogens (tertiary/aromatic N) is 3. The maximum atomic E-state index is 12.5. The monoisotopic (exact) mass is 396 g/mol. The molecule has 3 N–H and O–H groups in total. The summed E-state index contributed by atoms with van der Waals surface area (Å²) in [7, 11) is 0. The smallest absolute Gasteiger partial charge is 0.265 e. The van der Waals surface area contributed by atoms with Gasteiger partial charge in [-0.15, -0.1) is 16.4 Å². The topological polar surface area (TPSA) is 103 Å². The molecule has 0 radical (unpaired) electrons. The van der Waals surface area contributed by atoms with E-state index in [1.165, 1.54) is 17.8 Å². The molecule has 0 spiro atoms. The Bertz CT molecular complexity index is 962. The van der Waals surface area contributed by atoms with Gasteiger partial charge in [0.15, 0.2) is 0 Å². The summed E-state index contributed by atoms with van der Waals surface area (Å²) in [6, 6.07) is 10.3. The van der Waals surface area contributed by atoms with Crippen molar-refractivity contribution in [2.75, 3.05) is 28.6 Å². The van der Waals surface area contributed by atoms with Gasteiger partial charge >= 0.3 is 0 Å². The third kappa shape index (κ3) is 4.20. The van der Waals surface area contributed by atoms with Crippen molar-refractivity contribution in [3.8, 4) is 0 Å². The van der Waals surface area contributed by atoms with Crippen molar-refractivity contribution < 1.29 is 9.59 Å². The fourth-order valence-corrected chi connectivity index (χ4v) is 3.68.